The summed E-state index contributed by atoms with van der Waals surface area (Å²) in [4.78, 5) is 27.4. The molecule has 0 aliphatic heterocycles. The number of hydrogen-bond acceptors (Lipinski definition) is 4. The normalized spacial score (nSPS) is 10.9. The van der Waals surface area contributed by atoms with E-state index in [0.717, 1.165) is 16.9 Å². The van der Waals surface area contributed by atoms with Gasteiger partial charge in [-0.25, -0.2) is 0 Å². The van der Waals surface area contributed by atoms with Gasteiger partial charge in [-0.3, -0.25) is 14.9 Å². The van der Waals surface area contributed by atoms with Crippen molar-refractivity contribution in [1.29, 1.82) is 0 Å². The lowest BCUT2D eigenvalue weighted by atomic mass is 10.1. The molecule has 0 saturated carbocycles. The Morgan fingerprint density at radius 3 is 2.41 bits per heavy atom. The minimum atomic E-state index is -0.438. The van der Waals surface area contributed by atoms with Gasteiger partial charge in [0.2, 0.25) is 5.91 Å². The first-order valence-corrected chi connectivity index (χ1v) is 10.1. The maximum Gasteiger partial charge on any atom is 0.269 e. The molecule has 0 aliphatic carbocycles. The quantitative estimate of drug-likeness (QED) is 0.292. The molecule has 3 rings (SSSR count). The second-order valence-corrected chi connectivity index (χ2v) is 8.06. The predicted octanol–water partition coefficient (Wildman–Crippen LogP) is 5.25. The molecule has 1 amide bonds. The van der Waals surface area contributed by atoms with Crippen molar-refractivity contribution in [2.24, 2.45) is 0 Å². The Labute approximate surface area is 174 Å². The number of benzene rings is 2. The van der Waals surface area contributed by atoms with Gasteiger partial charge in [0.1, 0.15) is 0 Å². The zero-order valence-corrected chi connectivity index (χ0v) is 17.0. The Bertz CT molecular complexity index is 994. The van der Waals surface area contributed by atoms with Crippen LogP contribution in [0.5, 0.6) is 0 Å². The molecule has 3 aromatic rings. The summed E-state index contributed by atoms with van der Waals surface area (Å²) in [5.74, 6) is -0.0784. The molecule has 148 valence electrons. The lowest BCUT2D eigenvalue weighted by Gasteiger charge is -2.20. The van der Waals surface area contributed by atoms with Gasteiger partial charge in [-0.05, 0) is 54.8 Å². The van der Waals surface area contributed by atoms with E-state index in [9.17, 15) is 14.9 Å². The first kappa shape index (κ1) is 20.5. The summed E-state index contributed by atoms with van der Waals surface area (Å²) in [5.41, 5.74) is 1.97. The SMILES string of the molecule is Cc1ccc(CN(CCc2ccccc2)C(=O)/C=C/c2ccc([N+](=O)[O-])cc2)s1. The van der Waals surface area contributed by atoms with Crippen LogP contribution in [-0.4, -0.2) is 22.3 Å². The number of nitrogens with zero attached hydrogens (tertiary/aromatic N) is 2. The molecule has 29 heavy (non-hydrogen) atoms. The zero-order chi connectivity index (χ0) is 20.6. The van der Waals surface area contributed by atoms with E-state index < -0.39 is 4.92 Å². The first-order chi connectivity index (χ1) is 14.0. The number of non-ortho nitro benzene ring substituents is 1. The third kappa shape index (κ3) is 6.12. The van der Waals surface area contributed by atoms with Crippen molar-refractivity contribution in [3.8, 4) is 0 Å². The Morgan fingerprint density at radius 2 is 1.79 bits per heavy atom. The van der Waals surface area contributed by atoms with Gasteiger partial charge in [0.25, 0.3) is 5.69 Å². The zero-order valence-electron chi connectivity index (χ0n) is 16.2. The number of amides is 1. The second kappa shape index (κ2) is 9.80. The highest BCUT2D eigenvalue weighted by Gasteiger charge is 2.13. The fraction of sp³-hybridized carbons (Fsp3) is 0.174. The van der Waals surface area contributed by atoms with Gasteiger partial charge in [-0.2, -0.15) is 0 Å². The van der Waals surface area contributed by atoms with Gasteiger partial charge < -0.3 is 4.90 Å². The minimum Gasteiger partial charge on any atom is -0.334 e. The van der Waals surface area contributed by atoms with Crippen LogP contribution in [0.2, 0.25) is 0 Å². The Hall–Kier alpha value is -3.25. The van der Waals surface area contributed by atoms with Crippen molar-refractivity contribution in [2.45, 2.75) is 19.9 Å². The van der Waals surface area contributed by atoms with Gasteiger partial charge in [-0.1, -0.05) is 30.3 Å². The van der Waals surface area contributed by atoms with E-state index in [0.29, 0.717) is 13.1 Å². The first-order valence-electron chi connectivity index (χ1n) is 9.32. The Kier molecular flexibility index (Phi) is 6.92. The lowest BCUT2D eigenvalue weighted by molar-refractivity contribution is -0.384. The number of carbonyl (C=O) groups is 1. The van der Waals surface area contributed by atoms with Crippen LogP contribution in [0.4, 0.5) is 5.69 Å². The maximum atomic E-state index is 12.9. The largest absolute Gasteiger partial charge is 0.334 e. The van der Waals surface area contributed by atoms with Crippen molar-refractivity contribution >= 4 is 29.0 Å². The monoisotopic (exact) mass is 406 g/mol. The molecule has 2 aromatic carbocycles. The molecule has 5 nitrogen and oxygen atoms in total. The molecule has 1 aromatic heterocycles. The van der Waals surface area contributed by atoms with E-state index in [1.165, 1.54) is 28.6 Å². The fourth-order valence-corrected chi connectivity index (χ4v) is 3.82. The van der Waals surface area contributed by atoms with Crippen LogP contribution in [0.1, 0.15) is 20.9 Å². The highest BCUT2D eigenvalue weighted by molar-refractivity contribution is 7.11. The molecule has 0 spiro atoms. The molecular formula is C23H22N2O3S. The van der Waals surface area contributed by atoms with Crippen molar-refractivity contribution in [2.75, 3.05) is 6.54 Å². The number of nitro benzene ring substituents is 1. The molecule has 0 bridgehead atoms. The molecule has 0 atom stereocenters. The molecule has 0 fully saturated rings. The van der Waals surface area contributed by atoms with E-state index in [1.807, 2.05) is 23.1 Å². The topological polar surface area (TPSA) is 63.5 Å². The summed E-state index contributed by atoms with van der Waals surface area (Å²) in [6.07, 6.45) is 4.01. The highest BCUT2D eigenvalue weighted by atomic mass is 32.1. The molecule has 0 N–H and O–H groups in total. The molecule has 1 heterocycles. The van der Waals surface area contributed by atoms with Gasteiger partial charge in [0.15, 0.2) is 0 Å². The molecule has 0 aliphatic rings. The predicted molar refractivity (Wildman–Crippen MR) is 117 cm³/mol. The van der Waals surface area contributed by atoms with E-state index in [2.05, 4.69) is 31.2 Å². The molecule has 0 unspecified atom stereocenters. The molecule has 6 heteroatoms. The third-order valence-corrected chi connectivity index (χ3v) is 5.48. The van der Waals surface area contributed by atoms with Crippen LogP contribution < -0.4 is 0 Å². The van der Waals surface area contributed by atoms with E-state index in [4.69, 9.17) is 0 Å². The number of hydrogen-bond donors (Lipinski definition) is 0. The Balaban J connectivity index is 1.70. The summed E-state index contributed by atoms with van der Waals surface area (Å²) in [6, 6.07) is 20.4. The lowest BCUT2D eigenvalue weighted by Crippen LogP contribution is -2.30. The average Bonchev–Trinajstić information content (AvgIpc) is 3.15. The summed E-state index contributed by atoms with van der Waals surface area (Å²) in [5, 5.41) is 10.8. The van der Waals surface area contributed by atoms with E-state index >= 15 is 0 Å². The maximum absolute atomic E-state index is 12.9. The standard InChI is InChI=1S/C23H22N2O3S/c1-18-7-13-22(29-18)17-24(16-15-19-5-3-2-4-6-19)23(26)14-10-20-8-11-21(12-9-20)25(27)28/h2-14H,15-17H2,1H3/b14-10+. The fourth-order valence-electron chi connectivity index (χ4n) is 2.91. The van der Waals surface area contributed by atoms with Crippen LogP contribution >= 0.6 is 11.3 Å². The smallest absolute Gasteiger partial charge is 0.269 e. The van der Waals surface area contributed by atoms with Gasteiger partial charge in [-0.15, -0.1) is 11.3 Å². The van der Waals surface area contributed by atoms with Crippen molar-refractivity contribution in [3.63, 3.8) is 0 Å². The minimum absolute atomic E-state index is 0.0334. The van der Waals surface area contributed by atoms with E-state index in [-0.39, 0.29) is 11.6 Å². The molecular weight excluding hydrogens is 384 g/mol. The summed E-state index contributed by atoms with van der Waals surface area (Å²) in [6.45, 7) is 3.23. The Morgan fingerprint density at radius 1 is 1.07 bits per heavy atom. The van der Waals surface area contributed by atoms with Crippen LogP contribution in [0, 0.1) is 17.0 Å². The number of nitro groups is 1. The van der Waals surface area contributed by atoms with Crippen LogP contribution in [-0.2, 0) is 17.8 Å². The number of rotatable bonds is 8. The number of aryl methyl sites for hydroxylation is 1. The summed E-state index contributed by atoms with van der Waals surface area (Å²) >= 11 is 1.69. The van der Waals surface area contributed by atoms with Gasteiger partial charge >= 0.3 is 0 Å². The second-order valence-electron chi connectivity index (χ2n) is 6.69. The van der Waals surface area contributed by atoms with Gasteiger partial charge in [0.05, 0.1) is 11.5 Å². The summed E-state index contributed by atoms with van der Waals surface area (Å²) in [7, 11) is 0. The van der Waals surface area contributed by atoms with Crippen LogP contribution in [0.25, 0.3) is 6.08 Å². The number of thiophene rings is 1. The molecule has 0 radical (unpaired) electrons. The van der Waals surface area contributed by atoms with Crippen molar-refractivity contribution in [1.82, 2.24) is 4.90 Å². The summed E-state index contributed by atoms with van der Waals surface area (Å²) < 4.78 is 0. The molecule has 0 saturated heterocycles. The van der Waals surface area contributed by atoms with Crippen LogP contribution in [0.3, 0.4) is 0 Å². The number of carbonyl (C=O) groups excluding carboxylic acids is 1. The van der Waals surface area contributed by atoms with E-state index in [1.54, 1.807) is 29.5 Å². The highest BCUT2D eigenvalue weighted by Crippen LogP contribution is 2.18. The van der Waals surface area contributed by atoms with Crippen molar-refractivity contribution < 1.29 is 9.72 Å². The van der Waals surface area contributed by atoms with Gasteiger partial charge in [0, 0.05) is 34.5 Å². The third-order valence-electron chi connectivity index (χ3n) is 4.49. The van der Waals surface area contributed by atoms with Crippen molar-refractivity contribution in [3.05, 3.63) is 104 Å². The average molecular weight is 407 g/mol. The van der Waals surface area contributed by atoms with Crippen LogP contribution in [0.15, 0.2) is 72.8 Å².